The highest BCUT2D eigenvalue weighted by Gasteiger charge is 2.26. The maximum absolute atomic E-state index is 11.5. The highest BCUT2D eigenvalue weighted by atomic mass is 16.2. The molecule has 0 saturated carbocycles. The van der Waals surface area contributed by atoms with E-state index in [2.05, 4.69) is 22.9 Å². The lowest BCUT2D eigenvalue weighted by Crippen LogP contribution is -2.43. The Morgan fingerprint density at radius 2 is 2.27 bits per heavy atom. The molecule has 0 aromatic carbocycles. The third kappa shape index (κ3) is 4.29. The minimum Gasteiger partial charge on any atom is -0.353 e. The normalized spacial score (nSPS) is 20.1. The minimum atomic E-state index is -0.316. The van der Waals surface area contributed by atoms with Crippen molar-refractivity contribution in [2.24, 2.45) is 0 Å². The SMILES string of the molecule is CCCNCCNC(=O)[C@H]1CCC(=O)N1. The van der Waals surface area contributed by atoms with Crippen molar-refractivity contribution in [3.63, 3.8) is 0 Å². The zero-order valence-corrected chi connectivity index (χ0v) is 9.14. The first kappa shape index (κ1) is 12.0. The van der Waals surface area contributed by atoms with Gasteiger partial charge >= 0.3 is 0 Å². The summed E-state index contributed by atoms with van der Waals surface area (Å²) >= 11 is 0. The van der Waals surface area contributed by atoms with Crippen molar-refractivity contribution in [3.8, 4) is 0 Å². The summed E-state index contributed by atoms with van der Waals surface area (Å²) < 4.78 is 0. The average Bonchev–Trinajstić information content (AvgIpc) is 2.64. The van der Waals surface area contributed by atoms with E-state index in [1.54, 1.807) is 0 Å². The van der Waals surface area contributed by atoms with Crippen LogP contribution in [0.5, 0.6) is 0 Å². The van der Waals surface area contributed by atoms with Crippen LogP contribution in [0.2, 0.25) is 0 Å². The third-order valence-electron chi connectivity index (χ3n) is 2.34. The van der Waals surface area contributed by atoms with E-state index < -0.39 is 0 Å². The van der Waals surface area contributed by atoms with Crippen LogP contribution in [-0.4, -0.2) is 37.5 Å². The second-order valence-electron chi connectivity index (χ2n) is 3.70. The Morgan fingerprint density at radius 3 is 2.87 bits per heavy atom. The molecule has 3 N–H and O–H groups in total. The van der Waals surface area contributed by atoms with Crippen LogP contribution in [0.1, 0.15) is 26.2 Å². The van der Waals surface area contributed by atoms with Gasteiger partial charge in [-0.3, -0.25) is 9.59 Å². The van der Waals surface area contributed by atoms with Crippen LogP contribution in [0.4, 0.5) is 0 Å². The molecule has 5 nitrogen and oxygen atoms in total. The number of carbonyl (C=O) groups excluding carboxylic acids is 2. The molecule has 0 spiro atoms. The molecule has 86 valence electrons. The molecule has 1 saturated heterocycles. The fourth-order valence-corrected chi connectivity index (χ4v) is 1.51. The number of hydrogen-bond acceptors (Lipinski definition) is 3. The van der Waals surface area contributed by atoms with E-state index in [0.29, 0.717) is 19.4 Å². The quantitative estimate of drug-likeness (QED) is 0.515. The Bertz CT molecular complexity index is 231. The van der Waals surface area contributed by atoms with Crippen molar-refractivity contribution in [1.29, 1.82) is 0 Å². The molecule has 1 atom stereocenters. The number of nitrogens with one attached hydrogen (secondary N) is 3. The summed E-state index contributed by atoms with van der Waals surface area (Å²) in [6, 6.07) is -0.316. The van der Waals surface area contributed by atoms with Gasteiger partial charge in [-0.25, -0.2) is 0 Å². The standard InChI is InChI=1S/C10H19N3O2/c1-2-5-11-6-7-12-10(15)8-3-4-9(14)13-8/h8,11H,2-7H2,1H3,(H,12,15)(H,13,14)/t8-/m1/s1. The van der Waals surface area contributed by atoms with E-state index in [-0.39, 0.29) is 17.9 Å². The zero-order chi connectivity index (χ0) is 11.1. The van der Waals surface area contributed by atoms with Gasteiger partial charge in [-0.1, -0.05) is 6.92 Å². The van der Waals surface area contributed by atoms with Crippen molar-refractivity contribution < 1.29 is 9.59 Å². The first-order valence-electron chi connectivity index (χ1n) is 5.52. The summed E-state index contributed by atoms with van der Waals surface area (Å²) in [6.07, 6.45) is 2.17. The van der Waals surface area contributed by atoms with Gasteiger partial charge in [0.2, 0.25) is 11.8 Å². The summed E-state index contributed by atoms with van der Waals surface area (Å²) in [4.78, 5) is 22.3. The van der Waals surface area contributed by atoms with Crippen LogP contribution in [-0.2, 0) is 9.59 Å². The molecule has 1 aliphatic rings. The van der Waals surface area contributed by atoms with Crippen molar-refractivity contribution in [3.05, 3.63) is 0 Å². The number of hydrogen-bond donors (Lipinski definition) is 3. The number of carbonyl (C=O) groups is 2. The van der Waals surface area contributed by atoms with Crippen LogP contribution in [0.3, 0.4) is 0 Å². The molecule has 0 unspecified atom stereocenters. The summed E-state index contributed by atoms with van der Waals surface area (Å²) in [5.74, 6) is -0.0987. The molecule has 0 radical (unpaired) electrons. The van der Waals surface area contributed by atoms with E-state index in [1.807, 2.05) is 0 Å². The average molecular weight is 213 g/mol. The van der Waals surface area contributed by atoms with Gasteiger partial charge in [0.25, 0.3) is 0 Å². The van der Waals surface area contributed by atoms with Crippen LogP contribution >= 0.6 is 0 Å². The molecule has 2 amide bonds. The molecule has 1 aliphatic heterocycles. The lowest BCUT2D eigenvalue weighted by Gasteiger charge is -2.10. The largest absolute Gasteiger partial charge is 0.353 e. The van der Waals surface area contributed by atoms with E-state index >= 15 is 0 Å². The number of amides is 2. The Labute approximate surface area is 90.0 Å². The molecular weight excluding hydrogens is 194 g/mol. The smallest absolute Gasteiger partial charge is 0.242 e. The van der Waals surface area contributed by atoms with Gasteiger partial charge in [-0.2, -0.15) is 0 Å². The summed E-state index contributed by atoms with van der Waals surface area (Å²) in [5.41, 5.74) is 0. The molecule has 15 heavy (non-hydrogen) atoms. The van der Waals surface area contributed by atoms with Crippen LogP contribution in [0.25, 0.3) is 0 Å². The lowest BCUT2D eigenvalue weighted by molar-refractivity contribution is -0.125. The van der Waals surface area contributed by atoms with Crippen molar-refractivity contribution in [2.75, 3.05) is 19.6 Å². The molecule has 1 fully saturated rings. The van der Waals surface area contributed by atoms with E-state index in [4.69, 9.17) is 0 Å². The van der Waals surface area contributed by atoms with Crippen LogP contribution in [0.15, 0.2) is 0 Å². The molecule has 1 rings (SSSR count). The molecule has 5 heteroatoms. The van der Waals surface area contributed by atoms with E-state index in [9.17, 15) is 9.59 Å². The highest BCUT2D eigenvalue weighted by Crippen LogP contribution is 2.05. The lowest BCUT2D eigenvalue weighted by atomic mass is 10.2. The van der Waals surface area contributed by atoms with Crippen LogP contribution < -0.4 is 16.0 Å². The van der Waals surface area contributed by atoms with Crippen molar-refractivity contribution >= 4 is 11.8 Å². The van der Waals surface area contributed by atoms with Gasteiger partial charge in [-0.15, -0.1) is 0 Å². The van der Waals surface area contributed by atoms with E-state index in [0.717, 1.165) is 19.5 Å². The van der Waals surface area contributed by atoms with Crippen molar-refractivity contribution in [1.82, 2.24) is 16.0 Å². The van der Waals surface area contributed by atoms with Gasteiger partial charge in [-0.05, 0) is 19.4 Å². The Balaban J connectivity index is 2.06. The minimum absolute atomic E-state index is 0.0285. The Hall–Kier alpha value is -1.10. The van der Waals surface area contributed by atoms with Gasteiger partial charge in [0.05, 0.1) is 0 Å². The molecule has 0 aromatic heterocycles. The fourth-order valence-electron chi connectivity index (χ4n) is 1.51. The second-order valence-corrected chi connectivity index (χ2v) is 3.70. The monoisotopic (exact) mass is 213 g/mol. The van der Waals surface area contributed by atoms with Gasteiger partial charge < -0.3 is 16.0 Å². The molecular formula is C10H19N3O2. The predicted molar refractivity (Wildman–Crippen MR) is 57.3 cm³/mol. The summed E-state index contributed by atoms with van der Waals surface area (Å²) in [6.45, 7) is 4.46. The maximum atomic E-state index is 11.5. The fraction of sp³-hybridized carbons (Fsp3) is 0.800. The van der Waals surface area contributed by atoms with Gasteiger partial charge in [0.15, 0.2) is 0 Å². The molecule has 0 bridgehead atoms. The third-order valence-corrected chi connectivity index (χ3v) is 2.34. The zero-order valence-electron chi connectivity index (χ0n) is 9.14. The summed E-state index contributed by atoms with van der Waals surface area (Å²) in [7, 11) is 0. The van der Waals surface area contributed by atoms with Crippen molar-refractivity contribution in [2.45, 2.75) is 32.2 Å². The Kier molecular flexibility index (Phi) is 5.10. The number of rotatable bonds is 6. The van der Waals surface area contributed by atoms with E-state index in [1.165, 1.54) is 0 Å². The first-order chi connectivity index (χ1) is 7.24. The first-order valence-corrected chi connectivity index (χ1v) is 5.52. The molecule has 1 heterocycles. The topological polar surface area (TPSA) is 70.2 Å². The predicted octanol–water partition coefficient (Wildman–Crippen LogP) is -0.619. The molecule has 0 aromatic rings. The van der Waals surface area contributed by atoms with Crippen LogP contribution in [0, 0.1) is 0 Å². The summed E-state index contributed by atoms with van der Waals surface area (Å²) in [5, 5.41) is 8.61. The Morgan fingerprint density at radius 1 is 1.47 bits per heavy atom. The second kappa shape index (κ2) is 6.40. The molecule has 0 aliphatic carbocycles. The maximum Gasteiger partial charge on any atom is 0.242 e. The van der Waals surface area contributed by atoms with Gasteiger partial charge in [0.1, 0.15) is 6.04 Å². The highest BCUT2D eigenvalue weighted by molar-refractivity contribution is 5.90. The van der Waals surface area contributed by atoms with Gasteiger partial charge in [0, 0.05) is 19.5 Å².